The van der Waals surface area contributed by atoms with Crippen LogP contribution in [0.25, 0.3) is 0 Å². The highest BCUT2D eigenvalue weighted by atomic mass is 32.2. The SMILES string of the molecule is CCCCN(CC(=O)OCC)CC(=O)N1CCS[C@H]1c1ccc(F)cc1. The number of ether oxygens (including phenoxy) is 1. The third-order valence-electron chi connectivity index (χ3n) is 4.21. The van der Waals surface area contributed by atoms with Crippen LogP contribution in [0.5, 0.6) is 0 Å². The standard InChI is InChI=1S/C19H27FN2O3S/c1-3-5-10-21(14-18(24)25-4-2)13-17(23)22-11-12-26-19(22)15-6-8-16(20)9-7-15/h6-9,19H,3-5,10-14H2,1-2H3/t19-/m0/s1. The van der Waals surface area contributed by atoms with Crippen LogP contribution in [0.3, 0.4) is 0 Å². The van der Waals surface area contributed by atoms with Crippen molar-refractivity contribution in [1.82, 2.24) is 9.80 Å². The minimum absolute atomic E-state index is 0.00951. The second kappa shape index (κ2) is 10.5. The van der Waals surface area contributed by atoms with E-state index in [2.05, 4.69) is 6.92 Å². The highest BCUT2D eigenvalue weighted by Gasteiger charge is 2.31. The Hall–Kier alpha value is -1.60. The van der Waals surface area contributed by atoms with Gasteiger partial charge in [0.1, 0.15) is 11.2 Å². The Morgan fingerprint density at radius 3 is 2.65 bits per heavy atom. The second-order valence-corrected chi connectivity index (χ2v) is 7.42. The number of thioether (sulfide) groups is 1. The van der Waals surface area contributed by atoms with Crippen LogP contribution in [-0.2, 0) is 14.3 Å². The average Bonchev–Trinajstić information content (AvgIpc) is 3.10. The maximum absolute atomic E-state index is 13.2. The van der Waals surface area contributed by atoms with Crippen molar-refractivity contribution in [2.75, 3.05) is 38.5 Å². The summed E-state index contributed by atoms with van der Waals surface area (Å²) in [7, 11) is 0. The van der Waals surface area contributed by atoms with Crippen molar-refractivity contribution in [1.29, 1.82) is 0 Å². The number of carbonyl (C=O) groups is 2. The molecule has 7 heteroatoms. The third-order valence-corrected chi connectivity index (χ3v) is 5.47. The molecule has 1 aliphatic heterocycles. The fourth-order valence-electron chi connectivity index (χ4n) is 2.90. The quantitative estimate of drug-likeness (QED) is 0.615. The maximum Gasteiger partial charge on any atom is 0.320 e. The van der Waals surface area contributed by atoms with Gasteiger partial charge in [-0.25, -0.2) is 4.39 Å². The number of hydrogen-bond acceptors (Lipinski definition) is 5. The number of nitrogens with zero attached hydrogens (tertiary/aromatic N) is 2. The van der Waals surface area contributed by atoms with Crippen molar-refractivity contribution >= 4 is 23.6 Å². The first kappa shape index (κ1) is 20.7. The Kier molecular flexibility index (Phi) is 8.38. The molecular formula is C19H27FN2O3S. The summed E-state index contributed by atoms with van der Waals surface area (Å²) in [6.07, 6.45) is 1.91. The number of carbonyl (C=O) groups excluding carboxylic acids is 2. The molecule has 0 radical (unpaired) electrons. The fraction of sp³-hybridized carbons (Fsp3) is 0.579. The van der Waals surface area contributed by atoms with Crippen LogP contribution in [0.1, 0.15) is 37.6 Å². The molecule has 0 saturated carbocycles. The number of amides is 1. The molecule has 0 bridgehead atoms. The van der Waals surface area contributed by atoms with E-state index in [9.17, 15) is 14.0 Å². The summed E-state index contributed by atoms with van der Waals surface area (Å²) in [5.41, 5.74) is 0.924. The lowest BCUT2D eigenvalue weighted by Crippen LogP contribution is -2.42. The molecule has 0 unspecified atom stereocenters. The molecule has 1 atom stereocenters. The third kappa shape index (κ3) is 5.99. The van der Waals surface area contributed by atoms with Crippen molar-refractivity contribution in [3.05, 3.63) is 35.6 Å². The zero-order chi connectivity index (χ0) is 18.9. The zero-order valence-electron chi connectivity index (χ0n) is 15.4. The number of hydrogen-bond donors (Lipinski definition) is 0. The lowest BCUT2D eigenvalue weighted by atomic mass is 10.2. The molecule has 1 aliphatic rings. The number of esters is 1. The van der Waals surface area contributed by atoms with Crippen LogP contribution >= 0.6 is 11.8 Å². The Morgan fingerprint density at radius 2 is 2.00 bits per heavy atom. The molecule has 1 saturated heterocycles. The molecule has 1 fully saturated rings. The molecule has 1 amide bonds. The van der Waals surface area contributed by atoms with Crippen LogP contribution in [0, 0.1) is 5.82 Å². The van der Waals surface area contributed by atoms with E-state index in [-0.39, 0.29) is 36.2 Å². The minimum Gasteiger partial charge on any atom is -0.465 e. The maximum atomic E-state index is 13.2. The normalized spacial score (nSPS) is 16.9. The van der Waals surface area contributed by atoms with Gasteiger partial charge in [0, 0.05) is 12.3 Å². The molecule has 0 spiro atoms. The monoisotopic (exact) mass is 382 g/mol. The van der Waals surface area contributed by atoms with E-state index in [4.69, 9.17) is 4.74 Å². The van der Waals surface area contributed by atoms with Crippen molar-refractivity contribution in [2.45, 2.75) is 32.1 Å². The van der Waals surface area contributed by atoms with Crippen LogP contribution in [-0.4, -0.2) is 60.2 Å². The zero-order valence-corrected chi connectivity index (χ0v) is 16.3. The molecule has 1 heterocycles. The van der Waals surface area contributed by atoms with Gasteiger partial charge >= 0.3 is 5.97 Å². The summed E-state index contributed by atoms with van der Waals surface area (Å²) in [4.78, 5) is 28.3. The number of benzene rings is 1. The summed E-state index contributed by atoms with van der Waals surface area (Å²) in [5.74, 6) is 0.252. The highest BCUT2D eigenvalue weighted by molar-refractivity contribution is 7.99. The summed E-state index contributed by atoms with van der Waals surface area (Å²) in [6.45, 7) is 5.85. The molecule has 5 nitrogen and oxygen atoms in total. The van der Waals surface area contributed by atoms with E-state index in [1.807, 2.05) is 9.80 Å². The molecule has 144 valence electrons. The van der Waals surface area contributed by atoms with Gasteiger partial charge in [-0.1, -0.05) is 25.5 Å². The molecule has 26 heavy (non-hydrogen) atoms. The van der Waals surface area contributed by atoms with Crippen molar-refractivity contribution in [2.24, 2.45) is 0 Å². The van der Waals surface area contributed by atoms with Crippen LogP contribution in [0.4, 0.5) is 4.39 Å². The van der Waals surface area contributed by atoms with E-state index in [0.717, 1.165) is 24.2 Å². The average molecular weight is 383 g/mol. The summed E-state index contributed by atoms with van der Waals surface area (Å²) in [5, 5.41) is -0.0984. The van der Waals surface area contributed by atoms with Crippen molar-refractivity contribution in [3.8, 4) is 0 Å². The van der Waals surface area contributed by atoms with E-state index in [0.29, 0.717) is 19.7 Å². The molecule has 1 aromatic rings. The lowest BCUT2D eigenvalue weighted by molar-refractivity contribution is -0.145. The summed E-state index contributed by atoms with van der Waals surface area (Å²) >= 11 is 1.68. The largest absolute Gasteiger partial charge is 0.465 e. The van der Waals surface area contributed by atoms with Gasteiger partial charge in [0.2, 0.25) is 5.91 Å². The second-order valence-electron chi connectivity index (χ2n) is 6.23. The Labute approximate surface area is 158 Å². The predicted octanol–water partition coefficient (Wildman–Crippen LogP) is 3.06. The Bertz CT molecular complexity index is 597. The first-order valence-corrected chi connectivity index (χ1v) is 10.1. The van der Waals surface area contributed by atoms with E-state index in [1.54, 1.807) is 30.8 Å². The molecular weight excluding hydrogens is 355 g/mol. The fourth-order valence-corrected chi connectivity index (χ4v) is 4.17. The molecule has 1 aromatic carbocycles. The smallest absolute Gasteiger partial charge is 0.320 e. The highest BCUT2D eigenvalue weighted by Crippen LogP contribution is 2.37. The van der Waals surface area contributed by atoms with E-state index >= 15 is 0 Å². The first-order chi connectivity index (χ1) is 12.5. The number of unbranched alkanes of at least 4 members (excludes halogenated alkanes) is 1. The van der Waals surface area contributed by atoms with Gasteiger partial charge in [-0.3, -0.25) is 14.5 Å². The number of halogens is 1. The molecule has 0 aromatic heterocycles. The van der Waals surface area contributed by atoms with Gasteiger partial charge < -0.3 is 9.64 Å². The summed E-state index contributed by atoms with van der Waals surface area (Å²) < 4.78 is 18.2. The van der Waals surface area contributed by atoms with E-state index < -0.39 is 0 Å². The van der Waals surface area contributed by atoms with Gasteiger partial charge in [0.25, 0.3) is 0 Å². The van der Waals surface area contributed by atoms with Crippen molar-refractivity contribution in [3.63, 3.8) is 0 Å². The van der Waals surface area contributed by atoms with Gasteiger partial charge in [0.05, 0.1) is 19.7 Å². The molecule has 0 N–H and O–H groups in total. The predicted molar refractivity (Wildman–Crippen MR) is 101 cm³/mol. The van der Waals surface area contributed by atoms with Crippen molar-refractivity contribution < 1.29 is 18.7 Å². The van der Waals surface area contributed by atoms with Gasteiger partial charge in [-0.15, -0.1) is 11.8 Å². The minimum atomic E-state index is -0.303. The van der Waals surface area contributed by atoms with Gasteiger partial charge in [-0.2, -0.15) is 0 Å². The Balaban J connectivity index is 2.01. The number of rotatable bonds is 9. The van der Waals surface area contributed by atoms with Crippen LogP contribution in [0.2, 0.25) is 0 Å². The first-order valence-electron chi connectivity index (χ1n) is 9.09. The van der Waals surface area contributed by atoms with Gasteiger partial charge in [-0.05, 0) is 37.6 Å². The van der Waals surface area contributed by atoms with Crippen LogP contribution < -0.4 is 0 Å². The molecule has 2 rings (SSSR count). The summed E-state index contributed by atoms with van der Waals surface area (Å²) in [6, 6.07) is 6.30. The Morgan fingerprint density at radius 1 is 1.27 bits per heavy atom. The van der Waals surface area contributed by atoms with E-state index in [1.165, 1.54) is 12.1 Å². The lowest BCUT2D eigenvalue weighted by Gasteiger charge is -2.28. The van der Waals surface area contributed by atoms with Crippen LogP contribution in [0.15, 0.2) is 24.3 Å². The topological polar surface area (TPSA) is 49.9 Å². The molecule has 0 aliphatic carbocycles. The van der Waals surface area contributed by atoms with Gasteiger partial charge in [0.15, 0.2) is 0 Å².